The fourth-order valence-corrected chi connectivity index (χ4v) is 6.55. The molecule has 2 N–H and O–H groups in total. The molecule has 58 heavy (non-hydrogen) atoms. The molecule has 15 heteroatoms. The second-order valence-electron chi connectivity index (χ2n) is 14.2. The predicted octanol–water partition coefficient (Wildman–Crippen LogP) is 6.28. The van der Waals surface area contributed by atoms with Gasteiger partial charge < -0.3 is 34.4 Å². The molecule has 12 nitrogen and oxygen atoms in total. The fraction of sp³-hybridized carbons (Fsp3) is 0.326. The summed E-state index contributed by atoms with van der Waals surface area (Å²) in [6.07, 6.45) is -7.46. The third-order valence-electron chi connectivity index (χ3n) is 9.93. The molecule has 2 aliphatic rings. The Morgan fingerprint density at radius 3 is 1.66 bits per heavy atom. The van der Waals surface area contributed by atoms with Gasteiger partial charge in [0.15, 0.2) is 0 Å². The Balaban J connectivity index is 0.000000222. The summed E-state index contributed by atoms with van der Waals surface area (Å²) in [5.74, 6) is -5.78. The van der Waals surface area contributed by atoms with E-state index in [0.717, 1.165) is 55.0 Å². The highest BCUT2D eigenvalue weighted by molar-refractivity contribution is 5.97. The summed E-state index contributed by atoms with van der Waals surface area (Å²) >= 11 is 0. The first-order valence-corrected chi connectivity index (χ1v) is 18.5. The highest BCUT2D eigenvalue weighted by Gasteiger charge is 2.41. The van der Waals surface area contributed by atoms with Crippen LogP contribution in [0.1, 0.15) is 49.4 Å². The number of carbonyl (C=O) groups is 5. The Morgan fingerprint density at radius 1 is 0.707 bits per heavy atom. The van der Waals surface area contributed by atoms with Crippen molar-refractivity contribution in [1.29, 1.82) is 0 Å². The second-order valence-corrected chi connectivity index (χ2v) is 14.2. The van der Waals surface area contributed by atoms with Crippen LogP contribution in [0.4, 0.5) is 24.5 Å². The fourth-order valence-electron chi connectivity index (χ4n) is 6.55. The zero-order valence-electron chi connectivity index (χ0n) is 32.1. The third kappa shape index (κ3) is 11.0. The SMILES string of the molecule is CN1CCN(c2ccccc2C[C@@H]2CCN(c3ccc(C(F)(F)F)cc3)C2=O)CC1.Cc1ccc(C(=O)O[C@H](C(=O)O)[C@H](OC(=O)c2ccc(C)cc2)C(=O)O)cc1. The number of piperazine rings is 1. The van der Waals surface area contributed by atoms with Crippen LogP contribution in [-0.2, 0) is 36.5 Å². The molecule has 306 valence electrons. The Morgan fingerprint density at radius 2 is 1.19 bits per heavy atom. The van der Waals surface area contributed by atoms with Gasteiger partial charge in [-0.25, -0.2) is 19.2 Å². The van der Waals surface area contributed by atoms with Crippen molar-refractivity contribution in [1.82, 2.24) is 4.90 Å². The normalized spacial score (nSPS) is 16.8. The van der Waals surface area contributed by atoms with Crippen molar-refractivity contribution in [3.05, 3.63) is 130 Å². The van der Waals surface area contributed by atoms with E-state index >= 15 is 0 Å². The van der Waals surface area contributed by atoms with Crippen LogP contribution in [0.15, 0.2) is 97.1 Å². The number of carboxylic acid groups (broad SMARTS) is 2. The van der Waals surface area contributed by atoms with Gasteiger partial charge in [-0.2, -0.15) is 13.2 Å². The van der Waals surface area contributed by atoms with Crippen molar-refractivity contribution in [2.45, 2.75) is 45.1 Å². The number of likely N-dealkylation sites (N-methyl/N-ethyl adjacent to an activating group) is 1. The van der Waals surface area contributed by atoms with E-state index in [1.165, 1.54) is 42.1 Å². The number of hydrogen-bond acceptors (Lipinski definition) is 9. The minimum atomic E-state index is -4.37. The Labute approximate surface area is 333 Å². The molecule has 0 aromatic heterocycles. The van der Waals surface area contributed by atoms with Crippen molar-refractivity contribution in [2.24, 2.45) is 5.92 Å². The van der Waals surface area contributed by atoms with E-state index in [2.05, 4.69) is 29.0 Å². The number of halogens is 3. The second kappa shape index (κ2) is 18.8. The van der Waals surface area contributed by atoms with Crippen LogP contribution >= 0.6 is 0 Å². The van der Waals surface area contributed by atoms with Gasteiger partial charge in [0, 0.05) is 50.0 Å². The van der Waals surface area contributed by atoms with Gasteiger partial charge in [0.2, 0.25) is 18.1 Å². The Bertz CT molecular complexity index is 2010. The first-order chi connectivity index (χ1) is 27.5. The highest BCUT2D eigenvalue weighted by Crippen LogP contribution is 2.34. The van der Waals surface area contributed by atoms with Gasteiger partial charge in [0.05, 0.1) is 16.7 Å². The van der Waals surface area contributed by atoms with Crippen molar-refractivity contribution in [3.63, 3.8) is 0 Å². The van der Waals surface area contributed by atoms with Crippen LogP contribution in [-0.4, -0.2) is 96.9 Å². The first-order valence-electron chi connectivity index (χ1n) is 18.5. The van der Waals surface area contributed by atoms with Crippen LogP contribution < -0.4 is 9.80 Å². The summed E-state index contributed by atoms with van der Waals surface area (Å²) in [6.45, 7) is 8.07. The average molecular weight is 804 g/mol. The average Bonchev–Trinajstić information content (AvgIpc) is 3.55. The van der Waals surface area contributed by atoms with E-state index < -0.39 is 47.8 Å². The molecule has 0 spiro atoms. The van der Waals surface area contributed by atoms with Crippen LogP contribution in [0.2, 0.25) is 0 Å². The number of rotatable bonds is 11. The van der Waals surface area contributed by atoms with E-state index in [1.54, 1.807) is 43.0 Å². The lowest BCUT2D eigenvalue weighted by atomic mass is 9.96. The summed E-state index contributed by atoms with van der Waals surface area (Å²) in [5, 5.41) is 18.6. The molecule has 0 bridgehead atoms. The Hall–Kier alpha value is -6.22. The monoisotopic (exact) mass is 803 g/mol. The van der Waals surface area contributed by atoms with Crippen LogP contribution in [0, 0.1) is 19.8 Å². The number of hydrogen-bond donors (Lipinski definition) is 2. The quantitative estimate of drug-likeness (QED) is 0.165. The lowest BCUT2D eigenvalue weighted by molar-refractivity contribution is -0.166. The largest absolute Gasteiger partial charge is 0.478 e. The van der Waals surface area contributed by atoms with Crippen molar-refractivity contribution in [3.8, 4) is 0 Å². The van der Waals surface area contributed by atoms with E-state index in [1.807, 2.05) is 12.1 Å². The summed E-state index contributed by atoms with van der Waals surface area (Å²) in [5.41, 5.74) is 3.97. The van der Waals surface area contributed by atoms with Gasteiger partial charge in [-0.05, 0) is 93.9 Å². The molecule has 1 amide bonds. The molecular weight excluding hydrogens is 759 g/mol. The number of esters is 2. The molecule has 2 saturated heterocycles. The lowest BCUT2D eigenvalue weighted by Gasteiger charge is -2.35. The van der Waals surface area contributed by atoms with Crippen molar-refractivity contribution >= 4 is 41.2 Å². The Kier molecular flexibility index (Phi) is 13.9. The minimum Gasteiger partial charge on any atom is -0.478 e. The molecule has 0 radical (unpaired) electrons. The van der Waals surface area contributed by atoms with Gasteiger partial charge in [-0.1, -0.05) is 53.6 Å². The number of anilines is 2. The molecule has 0 aliphatic carbocycles. The molecule has 6 rings (SSSR count). The van der Waals surface area contributed by atoms with Crippen LogP contribution in [0.25, 0.3) is 0 Å². The van der Waals surface area contributed by atoms with Gasteiger partial charge in [-0.3, -0.25) is 4.79 Å². The zero-order chi connectivity index (χ0) is 42.1. The predicted molar refractivity (Wildman–Crippen MR) is 208 cm³/mol. The summed E-state index contributed by atoms with van der Waals surface area (Å²) in [6, 6.07) is 25.2. The number of aryl methyl sites for hydroxylation is 2. The van der Waals surface area contributed by atoms with Crippen LogP contribution in [0.5, 0.6) is 0 Å². The number of carboxylic acids is 2. The van der Waals surface area contributed by atoms with Crippen molar-refractivity contribution in [2.75, 3.05) is 49.6 Å². The lowest BCUT2D eigenvalue weighted by Crippen LogP contribution is -2.45. The van der Waals surface area contributed by atoms with Crippen molar-refractivity contribution < 1.29 is 56.8 Å². The molecule has 2 fully saturated rings. The molecule has 4 aromatic carbocycles. The van der Waals surface area contributed by atoms with Gasteiger partial charge >= 0.3 is 30.1 Å². The minimum absolute atomic E-state index is 0.0112. The maximum atomic E-state index is 13.0. The highest BCUT2D eigenvalue weighted by atomic mass is 19.4. The number of ether oxygens (including phenoxy) is 2. The molecule has 2 aliphatic heterocycles. The molecule has 0 unspecified atom stereocenters. The van der Waals surface area contributed by atoms with E-state index in [4.69, 9.17) is 9.47 Å². The third-order valence-corrected chi connectivity index (χ3v) is 9.93. The van der Waals surface area contributed by atoms with E-state index in [9.17, 15) is 47.4 Å². The molecule has 2 heterocycles. The van der Waals surface area contributed by atoms with E-state index in [0.29, 0.717) is 25.1 Å². The number of carbonyl (C=O) groups excluding carboxylic acids is 3. The zero-order valence-corrected chi connectivity index (χ0v) is 32.1. The number of para-hydroxylation sites is 1. The number of nitrogens with zero attached hydrogens (tertiary/aromatic N) is 3. The molecule has 4 aromatic rings. The van der Waals surface area contributed by atoms with Gasteiger partial charge in [0.1, 0.15) is 0 Å². The maximum absolute atomic E-state index is 13.0. The van der Waals surface area contributed by atoms with Gasteiger partial charge in [-0.15, -0.1) is 0 Å². The number of aliphatic carboxylic acids is 2. The molecular formula is C43H44F3N3O9. The number of alkyl halides is 3. The molecule has 0 saturated carbocycles. The topological polar surface area (TPSA) is 154 Å². The number of amides is 1. The smallest absolute Gasteiger partial charge is 0.416 e. The summed E-state index contributed by atoms with van der Waals surface area (Å²) < 4.78 is 48.1. The van der Waals surface area contributed by atoms with Gasteiger partial charge in [0.25, 0.3) is 0 Å². The van der Waals surface area contributed by atoms with Crippen LogP contribution in [0.3, 0.4) is 0 Å². The summed E-state index contributed by atoms with van der Waals surface area (Å²) in [7, 11) is 2.12. The standard InChI is InChI=1S/C23H26F3N3O.C20H18O8/c1-27-12-14-28(15-13-27)21-5-3-2-4-17(21)16-18-10-11-29(22(18)30)20-8-6-19(7-9-20)23(24,25)26;1-11-3-7-13(8-4-11)19(25)27-15(17(21)22)16(18(23)24)28-20(26)14-9-5-12(2)6-10-14/h2-9,18H,10-16H2,1H3;3-10,15-16H,1-2H3,(H,21,22)(H,23,24)/t18-;15-,16-/m00/s1. The maximum Gasteiger partial charge on any atom is 0.416 e. The first kappa shape index (κ1) is 42.9. The molecule has 3 atom stereocenters. The number of benzene rings is 4. The summed E-state index contributed by atoms with van der Waals surface area (Å²) in [4.78, 5) is 66.6. The van der Waals surface area contributed by atoms with E-state index in [-0.39, 0.29) is 23.0 Å².